The van der Waals surface area contributed by atoms with Crippen molar-refractivity contribution in [1.29, 1.82) is 0 Å². The van der Waals surface area contributed by atoms with Crippen molar-refractivity contribution >= 4 is 50.8 Å². The van der Waals surface area contributed by atoms with Crippen LogP contribution in [0.4, 0.5) is 0 Å². The third-order valence-corrected chi connectivity index (χ3v) is 8.18. The second-order valence-corrected chi connectivity index (χ2v) is 11.1. The largest absolute Gasteiger partial charge is 0.351 e. The van der Waals surface area contributed by atoms with Crippen molar-refractivity contribution in [2.24, 2.45) is 0 Å². The van der Waals surface area contributed by atoms with E-state index in [0.717, 1.165) is 18.7 Å². The second kappa shape index (κ2) is 9.70. The summed E-state index contributed by atoms with van der Waals surface area (Å²) < 4.78 is 27.5. The predicted molar refractivity (Wildman–Crippen MR) is 106 cm³/mol. The number of thioether (sulfide) groups is 2. The minimum absolute atomic E-state index is 0.149. The molecule has 1 heterocycles. The summed E-state index contributed by atoms with van der Waals surface area (Å²) >= 11 is 4.39. The monoisotopic (exact) mass is 432 g/mol. The van der Waals surface area contributed by atoms with Crippen LogP contribution in [0.1, 0.15) is 12.5 Å². The first-order chi connectivity index (χ1) is 12.3. The van der Waals surface area contributed by atoms with E-state index in [1.165, 1.54) is 37.2 Å². The van der Waals surface area contributed by atoms with Crippen LogP contribution in [0.3, 0.4) is 0 Å². The maximum absolute atomic E-state index is 12.4. The van der Waals surface area contributed by atoms with Crippen LogP contribution >= 0.6 is 34.9 Å². The average Bonchev–Trinajstić information content (AvgIpc) is 3.06. The summed E-state index contributed by atoms with van der Waals surface area (Å²) in [6.45, 7) is 2.19. The molecule has 0 saturated heterocycles. The molecule has 11 heteroatoms. The summed E-state index contributed by atoms with van der Waals surface area (Å²) in [6, 6.07) is 6.65. The Hall–Kier alpha value is -1.14. The first-order valence-corrected chi connectivity index (χ1v) is 11.9. The molecule has 0 aliphatic carbocycles. The number of rotatable bonds is 9. The number of sulfonamides is 1. The summed E-state index contributed by atoms with van der Waals surface area (Å²) in [5.74, 6) is 0.940. The van der Waals surface area contributed by atoms with Crippen molar-refractivity contribution in [2.45, 2.75) is 27.0 Å². The molecule has 0 aliphatic rings. The molecule has 0 fully saturated rings. The van der Waals surface area contributed by atoms with Crippen LogP contribution in [0.15, 0.2) is 37.8 Å². The first kappa shape index (κ1) is 21.2. The van der Waals surface area contributed by atoms with Gasteiger partial charge in [0.05, 0.1) is 10.6 Å². The van der Waals surface area contributed by atoms with E-state index in [9.17, 15) is 13.2 Å². The predicted octanol–water partition coefficient (Wildman–Crippen LogP) is 2.31. The van der Waals surface area contributed by atoms with Crippen molar-refractivity contribution < 1.29 is 13.2 Å². The molecule has 26 heavy (non-hydrogen) atoms. The van der Waals surface area contributed by atoms with Crippen LogP contribution in [-0.4, -0.2) is 54.4 Å². The number of amides is 1. The average molecular weight is 433 g/mol. The van der Waals surface area contributed by atoms with Gasteiger partial charge in [-0.25, -0.2) is 12.7 Å². The summed E-state index contributed by atoms with van der Waals surface area (Å²) in [6.07, 6.45) is 0. The highest BCUT2D eigenvalue weighted by atomic mass is 32.2. The number of nitrogens with one attached hydrogen (secondary N) is 1. The van der Waals surface area contributed by atoms with Crippen molar-refractivity contribution in [3.05, 3.63) is 29.8 Å². The van der Waals surface area contributed by atoms with E-state index in [1.54, 1.807) is 36.0 Å². The third-order valence-electron chi connectivity index (χ3n) is 3.19. The fourth-order valence-corrected chi connectivity index (χ4v) is 5.77. The van der Waals surface area contributed by atoms with Gasteiger partial charge in [-0.15, -0.1) is 10.2 Å². The molecule has 0 aliphatic heterocycles. The Morgan fingerprint density at radius 3 is 2.50 bits per heavy atom. The van der Waals surface area contributed by atoms with E-state index in [1.807, 2.05) is 6.92 Å². The molecule has 7 nitrogen and oxygen atoms in total. The molecular formula is C15H20N4O3S4. The van der Waals surface area contributed by atoms with Gasteiger partial charge in [0.2, 0.25) is 15.9 Å². The Bertz CT molecular complexity index is 852. The molecule has 1 aromatic carbocycles. The quantitative estimate of drug-likeness (QED) is 0.608. The molecule has 1 aromatic heterocycles. The Balaban J connectivity index is 1.93. The highest BCUT2D eigenvalue weighted by molar-refractivity contribution is 8.03. The van der Waals surface area contributed by atoms with E-state index in [2.05, 4.69) is 15.5 Å². The zero-order valence-corrected chi connectivity index (χ0v) is 17.9. The van der Waals surface area contributed by atoms with Crippen LogP contribution < -0.4 is 5.32 Å². The molecule has 0 spiro atoms. The van der Waals surface area contributed by atoms with Crippen LogP contribution in [0, 0.1) is 0 Å². The number of hydrogen-bond acceptors (Lipinski definition) is 8. The summed E-state index contributed by atoms with van der Waals surface area (Å²) in [5.41, 5.74) is 0.553. The molecule has 0 atom stereocenters. The van der Waals surface area contributed by atoms with Gasteiger partial charge in [0, 0.05) is 20.6 Å². The SMILES string of the molecule is CCSc1nnc(SCC(=O)NCc2ccccc2S(=O)(=O)N(C)C)s1. The molecule has 2 rings (SSSR count). The molecule has 0 bridgehead atoms. The molecule has 142 valence electrons. The van der Waals surface area contributed by atoms with Gasteiger partial charge < -0.3 is 5.32 Å². The van der Waals surface area contributed by atoms with Crippen LogP contribution in [0.25, 0.3) is 0 Å². The number of nitrogens with zero attached hydrogens (tertiary/aromatic N) is 3. The highest BCUT2D eigenvalue weighted by Crippen LogP contribution is 2.28. The zero-order chi connectivity index (χ0) is 19.2. The van der Waals surface area contributed by atoms with Crippen LogP contribution in [0.5, 0.6) is 0 Å². The van der Waals surface area contributed by atoms with E-state index in [0.29, 0.717) is 5.56 Å². The van der Waals surface area contributed by atoms with Gasteiger partial charge in [-0.3, -0.25) is 4.79 Å². The van der Waals surface area contributed by atoms with Gasteiger partial charge in [-0.1, -0.05) is 60.0 Å². The molecule has 0 radical (unpaired) electrons. The fourth-order valence-electron chi connectivity index (χ4n) is 1.91. The molecule has 0 saturated carbocycles. The van der Waals surface area contributed by atoms with Gasteiger partial charge in [0.1, 0.15) is 0 Å². The van der Waals surface area contributed by atoms with E-state index < -0.39 is 10.0 Å². The van der Waals surface area contributed by atoms with E-state index >= 15 is 0 Å². The maximum Gasteiger partial charge on any atom is 0.242 e. The Morgan fingerprint density at radius 2 is 1.85 bits per heavy atom. The third kappa shape index (κ3) is 5.68. The normalized spacial score (nSPS) is 11.7. The number of carbonyl (C=O) groups excluding carboxylic acids is 1. The summed E-state index contributed by atoms with van der Waals surface area (Å²) in [7, 11) is -0.594. The second-order valence-electron chi connectivity index (χ2n) is 5.23. The van der Waals surface area contributed by atoms with E-state index in [-0.39, 0.29) is 23.1 Å². The number of aromatic nitrogens is 2. The van der Waals surface area contributed by atoms with Crippen LogP contribution in [0.2, 0.25) is 0 Å². The van der Waals surface area contributed by atoms with E-state index in [4.69, 9.17) is 0 Å². The topological polar surface area (TPSA) is 92.3 Å². The molecular weight excluding hydrogens is 412 g/mol. The Morgan fingerprint density at radius 1 is 1.19 bits per heavy atom. The molecule has 1 N–H and O–H groups in total. The highest BCUT2D eigenvalue weighted by Gasteiger charge is 2.20. The standard InChI is InChI=1S/C15H20N4O3S4/c1-4-23-14-17-18-15(25-14)24-10-13(20)16-9-11-7-5-6-8-12(11)26(21,22)19(2)3/h5-8H,4,9-10H2,1-3H3,(H,16,20). The van der Waals surface area contributed by atoms with Crippen molar-refractivity contribution in [3.63, 3.8) is 0 Å². The molecule has 1 amide bonds. The minimum Gasteiger partial charge on any atom is -0.351 e. The Kier molecular flexibility index (Phi) is 7.89. The van der Waals surface area contributed by atoms with Crippen LogP contribution in [-0.2, 0) is 21.4 Å². The lowest BCUT2D eigenvalue weighted by Gasteiger charge is -2.15. The summed E-state index contributed by atoms with van der Waals surface area (Å²) in [4.78, 5) is 12.3. The molecule has 0 unspecified atom stereocenters. The van der Waals surface area contributed by atoms with Gasteiger partial charge in [-0.2, -0.15) is 0 Å². The van der Waals surface area contributed by atoms with Crippen molar-refractivity contribution in [1.82, 2.24) is 19.8 Å². The molecule has 2 aromatic rings. The zero-order valence-electron chi connectivity index (χ0n) is 14.6. The number of hydrogen-bond donors (Lipinski definition) is 1. The van der Waals surface area contributed by atoms with Gasteiger partial charge >= 0.3 is 0 Å². The summed E-state index contributed by atoms with van der Waals surface area (Å²) in [5, 5.41) is 10.8. The van der Waals surface area contributed by atoms with Gasteiger partial charge in [0.15, 0.2) is 8.68 Å². The van der Waals surface area contributed by atoms with Gasteiger partial charge in [0.25, 0.3) is 0 Å². The van der Waals surface area contributed by atoms with Crippen molar-refractivity contribution in [3.8, 4) is 0 Å². The smallest absolute Gasteiger partial charge is 0.242 e. The van der Waals surface area contributed by atoms with Crippen molar-refractivity contribution in [2.75, 3.05) is 25.6 Å². The number of carbonyl (C=O) groups is 1. The lowest BCUT2D eigenvalue weighted by atomic mass is 10.2. The fraction of sp³-hybridized carbons (Fsp3) is 0.400. The minimum atomic E-state index is -3.56. The first-order valence-electron chi connectivity index (χ1n) is 7.70. The lowest BCUT2D eigenvalue weighted by molar-refractivity contribution is -0.118. The Labute approximate surface area is 166 Å². The number of benzene rings is 1. The lowest BCUT2D eigenvalue weighted by Crippen LogP contribution is -2.27. The van der Waals surface area contributed by atoms with Gasteiger partial charge in [-0.05, 0) is 17.4 Å². The maximum atomic E-state index is 12.4.